The lowest BCUT2D eigenvalue weighted by Gasteiger charge is -2.15. The number of nitrogens with two attached hydrogens (primary N) is 1. The second-order valence-corrected chi connectivity index (χ2v) is 5.28. The van der Waals surface area contributed by atoms with E-state index in [4.69, 9.17) is 5.73 Å². The maximum Gasteiger partial charge on any atom is 0.319 e. The maximum absolute atomic E-state index is 13.0. The molecule has 24 heavy (non-hydrogen) atoms. The molecule has 0 radical (unpaired) electrons. The molecular weight excluding hydrogens is 316 g/mol. The van der Waals surface area contributed by atoms with E-state index in [1.54, 1.807) is 12.1 Å². The molecule has 5 nitrogen and oxygen atoms in total. The third-order valence-corrected chi connectivity index (χ3v) is 3.39. The molecule has 0 aliphatic carbocycles. The van der Waals surface area contributed by atoms with Crippen LogP contribution in [-0.2, 0) is 11.2 Å². The largest absolute Gasteiger partial charge is 0.369 e. The predicted octanol–water partition coefficient (Wildman–Crippen LogP) is 2.43. The van der Waals surface area contributed by atoms with Crippen LogP contribution in [0.15, 0.2) is 48.5 Å². The van der Waals surface area contributed by atoms with Gasteiger partial charge in [-0.1, -0.05) is 18.2 Å². The minimum absolute atomic E-state index is 0.00780. The lowest BCUT2D eigenvalue weighted by Crippen LogP contribution is -2.39. The van der Waals surface area contributed by atoms with Crippen molar-refractivity contribution in [3.8, 4) is 0 Å². The average molecular weight is 333 g/mol. The van der Waals surface area contributed by atoms with Crippen LogP contribution in [0.4, 0.5) is 19.3 Å². The number of hydrogen-bond donors (Lipinski definition) is 3. The standard InChI is InChI=1S/C17H17F2N3O2/c18-13-6-4-11(5-7-13)8-12(16(20)23)10-21-17(24)22-15-3-1-2-14(19)9-15/h1-7,9,12H,8,10H2,(H2,20,23)(H2,21,22,24)/t12-/m1/s1. The summed E-state index contributed by atoms with van der Waals surface area (Å²) in [6, 6.07) is 10.5. The van der Waals surface area contributed by atoms with Gasteiger partial charge < -0.3 is 16.4 Å². The lowest BCUT2D eigenvalue weighted by atomic mass is 9.98. The number of primary amides is 1. The molecule has 7 heteroatoms. The number of hydrogen-bond acceptors (Lipinski definition) is 2. The highest BCUT2D eigenvalue weighted by molar-refractivity contribution is 5.89. The topological polar surface area (TPSA) is 84.2 Å². The van der Waals surface area contributed by atoms with Crippen molar-refractivity contribution in [3.05, 3.63) is 65.7 Å². The predicted molar refractivity (Wildman–Crippen MR) is 86.2 cm³/mol. The number of urea groups is 1. The van der Waals surface area contributed by atoms with E-state index in [9.17, 15) is 18.4 Å². The third kappa shape index (κ3) is 5.35. The number of carbonyl (C=O) groups excluding carboxylic acids is 2. The summed E-state index contributed by atoms with van der Waals surface area (Å²) in [5, 5.41) is 4.97. The molecule has 3 amide bonds. The van der Waals surface area contributed by atoms with E-state index in [2.05, 4.69) is 10.6 Å². The van der Waals surface area contributed by atoms with Crippen molar-refractivity contribution in [3.63, 3.8) is 0 Å². The van der Waals surface area contributed by atoms with E-state index in [-0.39, 0.29) is 18.8 Å². The van der Waals surface area contributed by atoms with Crippen LogP contribution in [0, 0.1) is 17.6 Å². The van der Waals surface area contributed by atoms with Gasteiger partial charge in [0.15, 0.2) is 0 Å². The first kappa shape index (κ1) is 17.4. The van der Waals surface area contributed by atoms with Gasteiger partial charge in [0.1, 0.15) is 11.6 Å². The van der Waals surface area contributed by atoms with Crippen LogP contribution in [0.5, 0.6) is 0 Å². The average Bonchev–Trinajstić information content (AvgIpc) is 2.53. The minimum Gasteiger partial charge on any atom is -0.369 e. The summed E-state index contributed by atoms with van der Waals surface area (Å²) in [7, 11) is 0. The number of nitrogens with one attached hydrogen (secondary N) is 2. The molecule has 0 unspecified atom stereocenters. The van der Waals surface area contributed by atoms with Crippen LogP contribution < -0.4 is 16.4 Å². The van der Waals surface area contributed by atoms with Gasteiger partial charge in [0.05, 0.1) is 5.92 Å². The number of halogens is 2. The quantitative estimate of drug-likeness (QED) is 0.758. The number of anilines is 1. The van der Waals surface area contributed by atoms with Gasteiger partial charge in [-0.2, -0.15) is 0 Å². The van der Waals surface area contributed by atoms with Crippen molar-refractivity contribution < 1.29 is 18.4 Å². The Labute approximate surface area is 137 Å². The van der Waals surface area contributed by atoms with Crippen molar-refractivity contribution in [1.29, 1.82) is 0 Å². The summed E-state index contributed by atoms with van der Waals surface area (Å²) in [5.41, 5.74) is 6.36. The highest BCUT2D eigenvalue weighted by Gasteiger charge is 2.17. The second-order valence-electron chi connectivity index (χ2n) is 5.28. The fourth-order valence-electron chi connectivity index (χ4n) is 2.14. The zero-order valence-electron chi connectivity index (χ0n) is 12.8. The van der Waals surface area contributed by atoms with Gasteiger partial charge in [0.2, 0.25) is 5.91 Å². The van der Waals surface area contributed by atoms with Gasteiger partial charge in [-0.05, 0) is 42.3 Å². The van der Waals surface area contributed by atoms with Crippen molar-refractivity contribution in [2.24, 2.45) is 11.7 Å². The molecule has 2 aromatic rings. The molecule has 126 valence electrons. The summed E-state index contributed by atoms with van der Waals surface area (Å²) in [6.45, 7) is 0.00780. The normalized spacial score (nSPS) is 11.6. The molecule has 0 heterocycles. The third-order valence-electron chi connectivity index (χ3n) is 3.39. The summed E-state index contributed by atoms with van der Waals surface area (Å²) in [5.74, 6) is -2.07. The van der Waals surface area contributed by atoms with Gasteiger partial charge in [0, 0.05) is 12.2 Å². The SMILES string of the molecule is NC(=O)[C@@H](CNC(=O)Nc1cccc(F)c1)Cc1ccc(F)cc1. The molecule has 0 saturated carbocycles. The first-order valence-corrected chi connectivity index (χ1v) is 7.28. The summed E-state index contributed by atoms with van der Waals surface area (Å²) in [4.78, 5) is 23.3. The van der Waals surface area contributed by atoms with Crippen LogP contribution >= 0.6 is 0 Å². The monoisotopic (exact) mass is 333 g/mol. The second kappa shape index (κ2) is 8.05. The Balaban J connectivity index is 1.90. The fourth-order valence-corrected chi connectivity index (χ4v) is 2.14. The van der Waals surface area contributed by atoms with Crippen LogP contribution in [-0.4, -0.2) is 18.5 Å². The molecule has 0 spiro atoms. The number of benzene rings is 2. The Kier molecular flexibility index (Phi) is 5.83. The van der Waals surface area contributed by atoms with Gasteiger partial charge in [-0.15, -0.1) is 0 Å². The van der Waals surface area contributed by atoms with Gasteiger partial charge in [-0.3, -0.25) is 4.79 Å². The van der Waals surface area contributed by atoms with E-state index >= 15 is 0 Å². The summed E-state index contributed by atoms with van der Waals surface area (Å²) >= 11 is 0. The van der Waals surface area contributed by atoms with E-state index in [0.717, 1.165) is 5.56 Å². The minimum atomic E-state index is -0.645. The zero-order valence-corrected chi connectivity index (χ0v) is 12.8. The summed E-state index contributed by atoms with van der Waals surface area (Å²) in [6.07, 6.45) is 0.274. The van der Waals surface area contributed by atoms with Gasteiger partial charge in [0.25, 0.3) is 0 Å². The fraction of sp³-hybridized carbons (Fsp3) is 0.176. The molecule has 0 bridgehead atoms. The first-order valence-electron chi connectivity index (χ1n) is 7.28. The van der Waals surface area contributed by atoms with Crippen molar-refractivity contribution in [1.82, 2.24) is 5.32 Å². The molecule has 2 aromatic carbocycles. The molecule has 0 saturated heterocycles. The van der Waals surface area contributed by atoms with Gasteiger partial charge >= 0.3 is 6.03 Å². The number of rotatable bonds is 6. The Morgan fingerprint density at radius 2 is 1.75 bits per heavy atom. The van der Waals surface area contributed by atoms with Crippen LogP contribution in [0.2, 0.25) is 0 Å². The Morgan fingerprint density at radius 1 is 1.04 bits per heavy atom. The van der Waals surface area contributed by atoms with Crippen LogP contribution in [0.25, 0.3) is 0 Å². The smallest absolute Gasteiger partial charge is 0.319 e. The molecule has 4 N–H and O–H groups in total. The first-order chi connectivity index (χ1) is 11.4. The molecule has 0 aliphatic rings. The molecule has 1 atom stereocenters. The number of carbonyl (C=O) groups is 2. The molecule has 0 aromatic heterocycles. The molecule has 2 rings (SSSR count). The number of amides is 3. The zero-order chi connectivity index (χ0) is 17.5. The van der Waals surface area contributed by atoms with Crippen molar-refractivity contribution >= 4 is 17.6 Å². The highest BCUT2D eigenvalue weighted by Crippen LogP contribution is 2.11. The Morgan fingerprint density at radius 3 is 2.38 bits per heavy atom. The Hall–Kier alpha value is -2.96. The maximum atomic E-state index is 13.0. The Bertz CT molecular complexity index is 720. The van der Waals surface area contributed by atoms with E-state index < -0.39 is 23.7 Å². The van der Waals surface area contributed by atoms with Crippen molar-refractivity contribution in [2.75, 3.05) is 11.9 Å². The molecule has 0 fully saturated rings. The summed E-state index contributed by atoms with van der Waals surface area (Å²) < 4.78 is 25.9. The van der Waals surface area contributed by atoms with E-state index in [0.29, 0.717) is 5.69 Å². The molecular formula is C17H17F2N3O2. The van der Waals surface area contributed by atoms with Crippen molar-refractivity contribution in [2.45, 2.75) is 6.42 Å². The lowest BCUT2D eigenvalue weighted by molar-refractivity contribution is -0.121. The van der Waals surface area contributed by atoms with E-state index in [1.165, 1.54) is 36.4 Å². The highest BCUT2D eigenvalue weighted by atomic mass is 19.1. The van der Waals surface area contributed by atoms with Crippen LogP contribution in [0.1, 0.15) is 5.56 Å². The molecule has 0 aliphatic heterocycles. The van der Waals surface area contributed by atoms with Crippen LogP contribution in [0.3, 0.4) is 0 Å². The van der Waals surface area contributed by atoms with Gasteiger partial charge in [-0.25, -0.2) is 13.6 Å². The van der Waals surface area contributed by atoms with E-state index in [1.807, 2.05) is 0 Å².